The van der Waals surface area contributed by atoms with Gasteiger partial charge in [0, 0.05) is 28.5 Å². The number of ether oxygens (including phenoxy) is 2. The van der Waals surface area contributed by atoms with Crippen LogP contribution in [0.2, 0.25) is 0 Å². The molecule has 4 atom stereocenters. The van der Waals surface area contributed by atoms with E-state index in [1.54, 1.807) is 0 Å². The van der Waals surface area contributed by atoms with Gasteiger partial charge in [-0.3, -0.25) is 14.4 Å². The van der Waals surface area contributed by atoms with Gasteiger partial charge in [-0.25, -0.2) is 0 Å². The Morgan fingerprint density at radius 2 is 0.807 bits per heavy atom. The van der Waals surface area contributed by atoms with Crippen LogP contribution < -0.4 is 12.4 Å². The molecule has 0 saturated carbocycles. The lowest BCUT2D eigenvalue weighted by Gasteiger charge is -2.55. The highest BCUT2D eigenvalue weighted by atomic mass is 35.5. The normalized spacial score (nSPS) is 16.7. The Morgan fingerprint density at radius 3 is 1.08 bits per heavy atom. The summed E-state index contributed by atoms with van der Waals surface area (Å²) in [7, 11) is 6.67. The number of halogens is 1. The van der Waals surface area contributed by atoms with E-state index in [0.29, 0.717) is 30.8 Å². The van der Waals surface area contributed by atoms with Gasteiger partial charge < -0.3 is 35.3 Å². The number of hydrogen-bond donors (Lipinski definition) is 0. The van der Waals surface area contributed by atoms with Gasteiger partial charge >= 0.3 is 11.9 Å². The number of esters is 2. The molecule has 83 heavy (non-hydrogen) atoms. The van der Waals surface area contributed by atoms with E-state index in [1.807, 2.05) is 55.4 Å². The smallest absolute Gasteiger partial charge is 0.311 e. The number of carbonyl (C=O) groups excluding carboxylic acids is 3. The van der Waals surface area contributed by atoms with Crippen molar-refractivity contribution in [3.8, 4) is 0 Å². The summed E-state index contributed by atoms with van der Waals surface area (Å²) in [6.07, 6.45) is 8.43. The van der Waals surface area contributed by atoms with Gasteiger partial charge in [0.2, 0.25) is 0 Å². The third-order valence-electron chi connectivity index (χ3n) is 16.7. The molecule has 3 aliphatic rings. The molecule has 0 radical (unpaired) electrons. The second-order valence-electron chi connectivity index (χ2n) is 24.6. The highest BCUT2D eigenvalue weighted by molar-refractivity contribution is 5.84. The van der Waals surface area contributed by atoms with Gasteiger partial charge in [-0.1, -0.05) is 236 Å². The van der Waals surface area contributed by atoms with Crippen molar-refractivity contribution < 1.29 is 49.7 Å². The van der Waals surface area contributed by atoms with E-state index in [2.05, 4.69) is 142 Å². The number of unbranched alkanes of at least 4 members (excludes halogenated alkanes) is 1. The zero-order valence-corrected chi connectivity index (χ0v) is 51.4. The maximum atomic E-state index is 11.8. The summed E-state index contributed by atoms with van der Waals surface area (Å²) in [5.41, 5.74) is 8.17. The van der Waals surface area contributed by atoms with E-state index in [0.717, 1.165) is 43.1 Å². The van der Waals surface area contributed by atoms with Gasteiger partial charge in [0.1, 0.15) is 64.7 Å². The van der Waals surface area contributed by atoms with Crippen LogP contribution in [0.5, 0.6) is 0 Å². The van der Waals surface area contributed by atoms with Crippen LogP contribution in [0.4, 0.5) is 0 Å². The zero-order chi connectivity index (χ0) is 55.0. The van der Waals surface area contributed by atoms with Crippen LogP contribution in [-0.4, -0.2) is 105 Å². The minimum Gasteiger partial charge on any atom is -1.00 e. The van der Waals surface area contributed by atoms with Gasteiger partial charge in [-0.05, 0) is 93.2 Å². The maximum Gasteiger partial charge on any atom is 0.311 e. The van der Waals surface area contributed by atoms with Gasteiger partial charge in [-0.2, -0.15) is 0 Å². The summed E-state index contributed by atoms with van der Waals surface area (Å²) in [5, 5.41) is 0. The number of hydrogen-bond acceptors (Lipinski definition) is 5. The van der Waals surface area contributed by atoms with Gasteiger partial charge in [0.15, 0.2) is 0 Å². The SMILES string of the molecule is C.C.C.C.C.C.C.C.C.CCC(C)(C)C(=O)CCOC(=O)C(C)(C)CC.CCC(C)c1ccc(C[N+](C)(C)C)cc1.CCC(C)c1ccc(C[N+]23CC[N+](Cc4ccc(C(C)CC)cc4)(CC2)CC3)cc1.CCCCOC(=O)C(C)CC.[Cl-]. The van der Waals surface area contributed by atoms with Crippen molar-refractivity contribution in [2.24, 2.45) is 16.7 Å². The van der Waals surface area contributed by atoms with E-state index in [4.69, 9.17) is 9.47 Å². The lowest BCUT2D eigenvalue weighted by molar-refractivity contribution is -1.09. The number of benzene rings is 3. The first-order valence-electron chi connectivity index (χ1n) is 28.9. The van der Waals surface area contributed by atoms with Crippen LogP contribution in [0.3, 0.4) is 0 Å². The lowest BCUT2D eigenvalue weighted by atomic mass is 9.84. The molecule has 0 aliphatic carbocycles. The standard InChI is InChI=1S/C28H42N2.C14H24N.C14H26O3.C9H18O2.9CH4.ClH/c1-5-23(3)27-11-7-25(8-12-27)21-29-15-18-30(19-16-29,20-17-29)22-26-9-13-28(14-10-26)24(4)6-2;1-6-12(2)14-9-7-13(8-10-14)11-15(3,4)5;1-7-13(3,4)11(15)9-10-17-12(16)14(5,6)8-2;1-4-6-7-11-9(10)8(3)5-2;;;;;;;;;;/h7-14,23-24H,5-6,15-22H2,1-4H3;7-10,12H,6,11H2,1-5H3;7-10H2,1-6H3;8H,4-7H2,1-3H3;9*1H4;1H/q+2;+1;;;;;;;;;;;;/p-1. The molecule has 0 spiro atoms. The molecule has 3 fully saturated rings. The van der Waals surface area contributed by atoms with Crippen molar-refractivity contribution in [2.75, 3.05) is 73.6 Å². The number of Topliss-reactive ketones (excluding diaryl/α,β-unsaturated/α-hetero) is 1. The Kier molecular flexibility index (Phi) is 56.5. The molecule has 6 rings (SSSR count). The quantitative estimate of drug-likeness (QED) is 0.0508. The van der Waals surface area contributed by atoms with Crippen molar-refractivity contribution >= 4 is 17.7 Å². The molecule has 492 valence electrons. The summed E-state index contributed by atoms with van der Waals surface area (Å²) in [5.74, 6) is 1.97. The van der Waals surface area contributed by atoms with E-state index >= 15 is 0 Å². The topological polar surface area (TPSA) is 69.7 Å². The third kappa shape index (κ3) is 34.4. The van der Waals surface area contributed by atoms with Crippen molar-refractivity contribution in [3.63, 3.8) is 0 Å². The first-order chi connectivity index (χ1) is 34.3. The van der Waals surface area contributed by atoms with Crippen molar-refractivity contribution in [3.05, 3.63) is 106 Å². The molecular formula is C74H146ClN3O5+2. The molecule has 3 aromatic carbocycles. The van der Waals surface area contributed by atoms with E-state index in [-0.39, 0.29) is 115 Å². The summed E-state index contributed by atoms with van der Waals surface area (Å²) in [4.78, 5) is 34.5. The number of fused-ring (bicyclic) bond motifs is 3. The Labute approximate surface area is 527 Å². The van der Waals surface area contributed by atoms with Gasteiger partial charge in [0.25, 0.3) is 0 Å². The monoisotopic (exact) mass is 1190 g/mol. The minimum atomic E-state index is -0.455. The Hall–Kier alpha value is -3.56. The number of nitrogens with zero attached hydrogens (tertiary/aromatic N) is 3. The average molecular weight is 1190 g/mol. The van der Waals surface area contributed by atoms with Gasteiger partial charge in [0.05, 0.1) is 45.7 Å². The molecule has 3 aliphatic heterocycles. The fourth-order valence-corrected chi connectivity index (χ4v) is 9.04. The predicted octanol–water partition coefficient (Wildman–Crippen LogP) is 17.9. The zero-order valence-electron chi connectivity index (χ0n) is 50.6. The number of quaternary nitrogens is 3. The lowest BCUT2D eigenvalue weighted by Crippen LogP contribution is -3.00. The van der Waals surface area contributed by atoms with Crippen LogP contribution in [0, 0.1) is 16.7 Å². The molecule has 4 unspecified atom stereocenters. The van der Waals surface area contributed by atoms with Crippen molar-refractivity contribution in [1.82, 2.24) is 0 Å². The summed E-state index contributed by atoms with van der Waals surface area (Å²) >= 11 is 0. The summed E-state index contributed by atoms with van der Waals surface area (Å²) < 4.78 is 13.8. The van der Waals surface area contributed by atoms with Crippen molar-refractivity contribution in [1.29, 1.82) is 0 Å². The van der Waals surface area contributed by atoms with Crippen LogP contribution in [0.1, 0.15) is 280 Å². The molecule has 3 saturated heterocycles. The summed E-state index contributed by atoms with van der Waals surface area (Å²) in [6, 6.07) is 28.2. The van der Waals surface area contributed by atoms with Crippen LogP contribution in [-0.2, 0) is 43.5 Å². The number of rotatable bonds is 24. The minimum absolute atomic E-state index is 0. The van der Waals surface area contributed by atoms with Crippen LogP contribution in [0.15, 0.2) is 72.8 Å². The van der Waals surface area contributed by atoms with Crippen LogP contribution >= 0.6 is 0 Å². The molecule has 0 amide bonds. The highest BCUT2D eigenvalue weighted by Gasteiger charge is 2.49. The Bertz CT molecular complexity index is 1920. The first kappa shape index (κ1) is 98.5. The molecule has 3 heterocycles. The summed E-state index contributed by atoms with van der Waals surface area (Å²) in [6.45, 7) is 43.6. The number of carbonyl (C=O) groups is 3. The molecule has 2 bridgehead atoms. The second kappa shape index (κ2) is 47.6. The van der Waals surface area contributed by atoms with E-state index in [1.165, 1.54) is 114 Å². The Balaban J connectivity index is -0.000000129. The Morgan fingerprint density at radius 1 is 0.482 bits per heavy atom. The average Bonchev–Trinajstić information content (AvgIpc) is 3.38. The second-order valence-corrected chi connectivity index (χ2v) is 24.6. The number of piperazine rings is 3. The predicted molar refractivity (Wildman–Crippen MR) is 369 cm³/mol. The van der Waals surface area contributed by atoms with E-state index < -0.39 is 5.41 Å². The fraction of sp³-hybridized carbons (Fsp3) is 0.716. The first-order valence-corrected chi connectivity index (χ1v) is 28.9. The molecule has 9 heteroatoms. The van der Waals surface area contributed by atoms with Crippen LogP contribution in [0.25, 0.3) is 0 Å². The number of ketones is 1. The molecule has 0 aromatic heterocycles. The molecule has 0 N–H and O–H groups in total. The maximum absolute atomic E-state index is 11.8. The van der Waals surface area contributed by atoms with Gasteiger partial charge in [-0.15, -0.1) is 0 Å². The molecule has 3 aromatic rings. The third-order valence-corrected chi connectivity index (χ3v) is 16.7. The molecular weight excluding hydrogens is 1050 g/mol. The molecule has 8 nitrogen and oxygen atoms in total. The fourth-order valence-electron chi connectivity index (χ4n) is 9.04. The highest BCUT2D eigenvalue weighted by Crippen LogP contribution is 2.32. The largest absolute Gasteiger partial charge is 1.00 e. The van der Waals surface area contributed by atoms with Crippen molar-refractivity contribution in [2.45, 2.75) is 266 Å². The van der Waals surface area contributed by atoms with E-state index in [9.17, 15) is 14.4 Å².